The number of hydroxylamine groups is 1. The lowest BCUT2D eigenvalue weighted by Crippen LogP contribution is -2.32. The van der Waals surface area contributed by atoms with Crippen LogP contribution in [0.1, 0.15) is 19.3 Å². The van der Waals surface area contributed by atoms with E-state index >= 15 is 0 Å². The van der Waals surface area contributed by atoms with Gasteiger partial charge in [0.1, 0.15) is 0 Å². The molecule has 0 bridgehead atoms. The molecule has 1 amide bonds. The van der Waals surface area contributed by atoms with Crippen LogP contribution in [0.4, 0.5) is 0 Å². The average Bonchev–Trinajstić information content (AvgIpc) is 2.02. The van der Waals surface area contributed by atoms with E-state index in [0.717, 1.165) is 6.42 Å². The molecule has 0 fully saturated rings. The standard InChI is InChI=1S/C6H16N4O2/c7-6(11)4-5(10-12)2-1-3-9-8/h5,9-10,12H,1-4,8H2,(H2,7,11)/t5-/m0/s1. The van der Waals surface area contributed by atoms with Crippen LogP contribution in [0.25, 0.3) is 0 Å². The third-order valence-corrected chi connectivity index (χ3v) is 1.50. The first-order chi connectivity index (χ1) is 5.70. The normalized spacial score (nSPS) is 12.8. The van der Waals surface area contributed by atoms with Gasteiger partial charge in [0.2, 0.25) is 5.91 Å². The zero-order chi connectivity index (χ0) is 9.40. The summed E-state index contributed by atoms with van der Waals surface area (Å²) >= 11 is 0. The van der Waals surface area contributed by atoms with Gasteiger partial charge in [0, 0.05) is 19.0 Å². The van der Waals surface area contributed by atoms with Gasteiger partial charge < -0.3 is 10.9 Å². The molecule has 0 saturated carbocycles. The SMILES string of the molecule is NNCCC[C@@H](CC(N)=O)NO. The van der Waals surface area contributed by atoms with Gasteiger partial charge in [0.15, 0.2) is 0 Å². The minimum atomic E-state index is -0.428. The zero-order valence-electron chi connectivity index (χ0n) is 6.92. The third kappa shape index (κ3) is 6.05. The minimum Gasteiger partial charge on any atom is -0.370 e. The van der Waals surface area contributed by atoms with E-state index in [0.29, 0.717) is 13.0 Å². The minimum absolute atomic E-state index is 0.140. The Kier molecular flexibility index (Phi) is 6.58. The summed E-state index contributed by atoms with van der Waals surface area (Å²) < 4.78 is 0. The molecule has 12 heavy (non-hydrogen) atoms. The molecule has 0 heterocycles. The molecular weight excluding hydrogens is 160 g/mol. The van der Waals surface area contributed by atoms with Crippen LogP contribution in [0.15, 0.2) is 0 Å². The molecule has 6 heteroatoms. The summed E-state index contributed by atoms with van der Waals surface area (Å²) in [7, 11) is 0. The van der Waals surface area contributed by atoms with Crippen LogP contribution in [0.2, 0.25) is 0 Å². The average molecular weight is 176 g/mol. The van der Waals surface area contributed by atoms with E-state index in [1.165, 1.54) is 0 Å². The Morgan fingerprint density at radius 3 is 2.67 bits per heavy atom. The molecule has 72 valence electrons. The molecule has 0 aromatic rings. The summed E-state index contributed by atoms with van der Waals surface area (Å²) in [4.78, 5) is 10.4. The van der Waals surface area contributed by atoms with Crippen molar-refractivity contribution < 1.29 is 10.0 Å². The van der Waals surface area contributed by atoms with Crippen LogP contribution >= 0.6 is 0 Å². The Morgan fingerprint density at radius 1 is 1.58 bits per heavy atom. The number of hydrogen-bond donors (Lipinski definition) is 5. The predicted octanol–water partition coefficient (Wildman–Crippen LogP) is -1.55. The number of hydrogen-bond acceptors (Lipinski definition) is 5. The molecule has 0 rings (SSSR count). The highest BCUT2D eigenvalue weighted by molar-refractivity contribution is 5.74. The van der Waals surface area contributed by atoms with Gasteiger partial charge in [-0.25, -0.2) is 5.48 Å². The van der Waals surface area contributed by atoms with E-state index in [1.807, 2.05) is 5.48 Å². The van der Waals surface area contributed by atoms with Gasteiger partial charge in [-0.15, -0.1) is 0 Å². The van der Waals surface area contributed by atoms with Gasteiger partial charge in [0.05, 0.1) is 0 Å². The number of carbonyl (C=O) groups excluding carboxylic acids is 1. The van der Waals surface area contributed by atoms with Crippen molar-refractivity contribution in [2.75, 3.05) is 6.54 Å². The first-order valence-corrected chi connectivity index (χ1v) is 3.82. The number of hydrazine groups is 1. The van der Waals surface area contributed by atoms with Gasteiger partial charge in [-0.2, -0.15) is 0 Å². The van der Waals surface area contributed by atoms with Gasteiger partial charge in [-0.05, 0) is 12.8 Å². The fourth-order valence-corrected chi connectivity index (χ4v) is 0.906. The maximum atomic E-state index is 10.4. The van der Waals surface area contributed by atoms with Crippen molar-refractivity contribution in [2.45, 2.75) is 25.3 Å². The lowest BCUT2D eigenvalue weighted by Gasteiger charge is -2.11. The molecular formula is C6H16N4O2. The summed E-state index contributed by atoms with van der Waals surface area (Å²) in [6, 6.07) is -0.268. The number of carbonyl (C=O) groups is 1. The second-order valence-corrected chi connectivity index (χ2v) is 2.59. The van der Waals surface area contributed by atoms with E-state index in [2.05, 4.69) is 5.43 Å². The molecule has 0 aliphatic rings. The first-order valence-electron chi connectivity index (χ1n) is 3.82. The number of rotatable bonds is 7. The van der Waals surface area contributed by atoms with E-state index in [9.17, 15) is 4.79 Å². The van der Waals surface area contributed by atoms with Crippen molar-refractivity contribution in [3.05, 3.63) is 0 Å². The lowest BCUT2D eigenvalue weighted by molar-refractivity contribution is -0.119. The topological polar surface area (TPSA) is 113 Å². The Hall–Kier alpha value is -0.690. The maximum absolute atomic E-state index is 10.4. The molecule has 0 saturated heterocycles. The van der Waals surface area contributed by atoms with Crippen molar-refractivity contribution in [2.24, 2.45) is 11.6 Å². The Balaban J connectivity index is 3.46. The highest BCUT2D eigenvalue weighted by Gasteiger charge is 2.09. The van der Waals surface area contributed by atoms with Gasteiger partial charge >= 0.3 is 0 Å². The van der Waals surface area contributed by atoms with Crippen LogP contribution in [0, 0.1) is 0 Å². The van der Waals surface area contributed by atoms with E-state index in [4.69, 9.17) is 16.8 Å². The van der Waals surface area contributed by atoms with Gasteiger partial charge in [0.25, 0.3) is 0 Å². The first kappa shape index (κ1) is 11.3. The predicted molar refractivity (Wildman–Crippen MR) is 43.9 cm³/mol. The molecule has 0 aromatic heterocycles. The summed E-state index contributed by atoms with van der Waals surface area (Å²) in [6.07, 6.45) is 1.58. The van der Waals surface area contributed by atoms with E-state index in [-0.39, 0.29) is 12.5 Å². The highest BCUT2D eigenvalue weighted by atomic mass is 16.5. The molecule has 0 aliphatic heterocycles. The van der Waals surface area contributed by atoms with Crippen LogP contribution in [-0.2, 0) is 4.79 Å². The van der Waals surface area contributed by atoms with E-state index < -0.39 is 5.91 Å². The second-order valence-electron chi connectivity index (χ2n) is 2.59. The molecule has 0 aliphatic carbocycles. The molecule has 6 nitrogen and oxygen atoms in total. The summed E-state index contributed by atoms with van der Waals surface area (Å²) in [5.74, 6) is 4.60. The Bertz CT molecular complexity index is 131. The molecule has 0 aromatic carbocycles. The number of nitrogens with two attached hydrogens (primary N) is 2. The van der Waals surface area contributed by atoms with Crippen molar-refractivity contribution in [3.8, 4) is 0 Å². The Labute approximate surface area is 71.2 Å². The molecule has 0 spiro atoms. The zero-order valence-corrected chi connectivity index (χ0v) is 6.92. The van der Waals surface area contributed by atoms with E-state index in [1.54, 1.807) is 0 Å². The van der Waals surface area contributed by atoms with Crippen molar-refractivity contribution >= 4 is 5.91 Å². The number of amides is 1. The van der Waals surface area contributed by atoms with Gasteiger partial charge in [-0.3, -0.25) is 16.1 Å². The fourth-order valence-electron chi connectivity index (χ4n) is 0.906. The highest BCUT2D eigenvalue weighted by Crippen LogP contribution is 1.99. The molecule has 1 atom stereocenters. The lowest BCUT2D eigenvalue weighted by atomic mass is 10.1. The maximum Gasteiger partial charge on any atom is 0.219 e. The van der Waals surface area contributed by atoms with Crippen LogP contribution in [-0.4, -0.2) is 23.7 Å². The number of primary amides is 1. The fraction of sp³-hybridized carbons (Fsp3) is 0.833. The molecule has 0 radical (unpaired) electrons. The molecule has 7 N–H and O–H groups in total. The number of nitrogens with one attached hydrogen (secondary N) is 2. The van der Waals surface area contributed by atoms with Crippen molar-refractivity contribution in [1.82, 2.24) is 10.9 Å². The second kappa shape index (κ2) is 6.99. The summed E-state index contributed by atoms with van der Waals surface area (Å²) in [5, 5.41) is 8.56. The van der Waals surface area contributed by atoms with Crippen LogP contribution in [0.3, 0.4) is 0 Å². The van der Waals surface area contributed by atoms with Crippen molar-refractivity contribution in [1.29, 1.82) is 0 Å². The largest absolute Gasteiger partial charge is 0.370 e. The smallest absolute Gasteiger partial charge is 0.219 e. The summed E-state index contributed by atoms with van der Waals surface area (Å²) in [5.41, 5.74) is 9.44. The summed E-state index contributed by atoms with van der Waals surface area (Å²) in [6.45, 7) is 0.650. The molecule has 0 unspecified atom stereocenters. The van der Waals surface area contributed by atoms with Crippen LogP contribution < -0.4 is 22.5 Å². The third-order valence-electron chi connectivity index (χ3n) is 1.50. The van der Waals surface area contributed by atoms with Crippen LogP contribution in [0.5, 0.6) is 0 Å². The van der Waals surface area contributed by atoms with Crippen molar-refractivity contribution in [3.63, 3.8) is 0 Å². The quantitative estimate of drug-likeness (QED) is 0.183. The van der Waals surface area contributed by atoms with Gasteiger partial charge in [-0.1, -0.05) is 0 Å². The monoisotopic (exact) mass is 176 g/mol. The Morgan fingerprint density at radius 2 is 2.25 bits per heavy atom.